The molecular weight excluding hydrogens is 254 g/mol. The summed E-state index contributed by atoms with van der Waals surface area (Å²) in [7, 11) is 0. The van der Waals surface area contributed by atoms with E-state index in [1.165, 1.54) is 0 Å². The molecule has 0 aliphatic carbocycles. The Bertz CT molecular complexity index is 488. The summed E-state index contributed by atoms with van der Waals surface area (Å²) in [6.07, 6.45) is 3.91. The van der Waals surface area contributed by atoms with Gasteiger partial charge in [0.05, 0.1) is 17.9 Å². The molecule has 1 aliphatic rings. The van der Waals surface area contributed by atoms with E-state index in [2.05, 4.69) is 23.7 Å². The lowest BCUT2D eigenvalue weighted by Crippen LogP contribution is -2.34. The van der Waals surface area contributed by atoms with Crippen LogP contribution in [0, 0.1) is 5.92 Å². The Morgan fingerprint density at radius 2 is 2.35 bits per heavy atom. The minimum atomic E-state index is -0.381. The van der Waals surface area contributed by atoms with Gasteiger partial charge < -0.3 is 15.4 Å². The maximum absolute atomic E-state index is 11.9. The van der Waals surface area contributed by atoms with Gasteiger partial charge in [-0.3, -0.25) is 0 Å². The Morgan fingerprint density at radius 1 is 1.60 bits per heavy atom. The van der Waals surface area contributed by atoms with Crippen molar-refractivity contribution in [1.29, 1.82) is 0 Å². The summed E-state index contributed by atoms with van der Waals surface area (Å²) in [5.41, 5.74) is 6.99. The first kappa shape index (κ1) is 14.6. The van der Waals surface area contributed by atoms with Crippen LogP contribution in [0.15, 0.2) is 12.3 Å². The molecule has 0 amide bonds. The lowest BCUT2D eigenvalue weighted by atomic mass is 10.0. The first-order valence-corrected chi connectivity index (χ1v) is 7.24. The molecule has 110 valence electrons. The topological polar surface area (TPSA) is 68.5 Å². The minimum absolute atomic E-state index is 0.342. The van der Waals surface area contributed by atoms with Crippen molar-refractivity contribution in [1.82, 2.24) is 4.98 Å². The third kappa shape index (κ3) is 2.71. The Balaban J connectivity index is 2.33. The van der Waals surface area contributed by atoms with Crippen LogP contribution in [0.5, 0.6) is 0 Å². The first-order chi connectivity index (χ1) is 9.56. The lowest BCUT2D eigenvalue weighted by molar-refractivity contribution is 0.0527. The third-order valence-electron chi connectivity index (χ3n) is 3.81. The Morgan fingerprint density at radius 3 is 3.00 bits per heavy atom. The molecule has 2 heterocycles. The van der Waals surface area contributed by atoms with Gasteiger partial charge in [-0.1, -0.05) is 13.8 Å². The predicted molar refractivity (Wildman–Crippen MR) is 79.8 cm³/mol. The summed E-state index contributed by atoms with van der Waals surface area (Å²) in [4.78, 5) is 18.5. The summed E-state index contributed by atoms with van der Waals surface area (Å²) in [5, 5.41) is 0. The second-order valence-corrected chi connectivity index (χ2v) is 5.46. The van der Waals surface area contributed by atoms with Crippen molar-refractivity contribution in [2.75, 3.05) is 23.8 Å². The average Bonchev–Trinajstić information content (AvgIpc) is 2.88. The van der Waals surface area contributed by atoms with Gasteiger partial charge in [0.1, 0.15) is 0 Å². The molecule has 1 aliphatic heterocycles. The van der Waals surface area contributed by atoms with E-state index >= 15 is 0 Å². The molecule has 1 fully saturated rings. The summed E-state index contributed by atoms with van der Waals surface area (Å²) >= 11 is 0. The number of aromatic nitrogens is 1. The number of pyridine rings is 1. The van der Waals surface area contributed by atoms with E-state index in [1.54, 1.807) is 19.2 Å². The molecule has 0 saturated carbocycles. The molecule has 0 bridgehead atoms. The van der Waals surface area contributed by atoms with Gasteiger partial charge in [-0.05, 0) is 31.7 Å². The van der Waals surface area contributed by atoms with Crippen molar-refractivity contribution in [2.24, 2.45) is 5.92 Å². The number of esters is 1. The minimum Gasteiger partial charge on any atom is -0.462 e. The number of nitrogens with zero attached hydrogens (tertiary/aromatic N) is 2. The number of nitrogens with two attached hydrogens (primary N) is 1. The van der Waals surface area contributed by atoms with Crippen molar-refractivity contribution in [3.05, 3.63) is 17.8 Å². The second-order valence-electron chi connectivity index (χ2n) is 5.46. The molecule has 0 aromatic carbocycles. The molecule has 2 rings (SSSR count). The second kappa shape index (κ2) is 6.11. The highest BCUT2D eigenvalue weighted by Gasteiger charge is 2.30. The van der Waals surface area contributed by atoms with Crippen LogP contribution in [-0.4, -0.2) is 30.1 Å². The van der Waals surface area contributed by atoms with Gasteiger partial charge in [-0.25, -0.2) is 9.78 Å². The van der Waals surface area contributed by atoms with Crippen LogP contribution in [0.4, 0.5) is 11.5 Å². The summed E-state index contributed by atoms with van der Waals surface area (Å²) < 4.78 is 5.04. The number of hydrogen-bond acceptors (Lipinski definition) is 5. The number of rotatable bonds is 4. The van der Waals surface area contributed by atoms with E-state index in [9.17, 15) is 4.79 Å². The fourth-order valence-electron chi connectivity index (χ4n) is 2.83. The van der Waals surface area contributed by atoms with E-state index in [4.69, 9.17) is 10.5 Å². The molecule has 0 radical (unpaired) electrons. The fraction of sp³-hybridized carbons (Fsp3) is 0.600. The SMILES string of the molecule is CCOC(=O)c1ccnc(N2CCCC2C(C)C)c1N. The van der Waals surface area contributed by atoms with Crippen LogP contribution in [0.2, 0.25) is 0 Å². The van der Waals surface area contributed by atoms with Crippen molar-refractivity contribution in [2.45, 2.75) is 39.7 Å². The van der Waals surface area contributed by atoms with Crippen LogP contribution in [0.25, 0.3) is 0 Å². The Hall–Kier alpha value is -1.78. The van der Waals surface area contributed by atoms with E-state index < -0.39 is 0 Å². The van der Waals surface area contributed by atoms with Gasteiger partial charge >= 0.3 is 5.97 Å². The normalized spacial score (nSPS) is 18.6. The number of ether oxygens (including phenoxy) is 1. The number of carbonyl (C=O) groups excluding carboxylic acids is 1. The maximum Gasteiger partial charge on any atom is 0.340 e. The maximum atomic E-state index is 11.9. The van der Waals surface area contributed by atoms with E-state index in [1.807, 2.05) is 0 Å². The zero-order chi connectivity index (χ0) is 14.7. The molecule has 5 heteroatoms. The van der Waals surface area contributed by atoms with E-state index in [0.29, 0.717) is 35.6 Å². The molecule has 1 saturated heterocycles. The number of nitrogen functional groups attached to an aromatic ring is 1. The summed E-state index contributed by atoms with van der Waals surface area (Å²) in [6, 6.07) is 2.05. The van der Waals surface area contributed by atoms with Crippen LogP contribution in [0.3, 0.4) is 0 Å². The monoisotopic (exact) mass is 277 g/mol. The van der Waals surface area contributed by atoms with Crippen molar-refractivity contribution < 1.29 is 9.53 Å². The molecule has 1 unspecified atom stereocenters. The van der Waals surface area contributed by atoms with Gasteiger partial charge in [0.15, 0.2) is 5.82 Å². The smallest absolute Gasteiger partial charge is 0.340 e. The van der Waals surface area contributed by atoms with E-state index in [0.717, 1.165) is 19.4 Å². The molecule has 5 nitrogen and oxygen atoms in total. The predicted octanol–water partition coefficient (Wildman–Crippen LogP) is 2.47. The molecule has 0 spiro atoms. The van der Waals surface area contributed by atoms with Crippen molar-refractivity contribution >= 4 is 17.5 Å². The van der Waals surface area contributed by atoms with Crippen LogP contribution >= 0.6 is 0 Å². The zero-order valence-corrected chi connectivity index (χ0v) is 12.4. The molecule has 20 heavy (non-hydrogen) atoms. The Kier molecular flexibility index (Phi) is 4.47. The molecule has 1 aromatic heterocycles. The number of hydrogen-bond donors (Lipinski definition) is 1. The van der Waals surface area contributed by atoms with Gasteiger partial charge in [-0.2, -0.15) is 0 Å². The highest BCUT2D eigenvalue weighted by atomic mass is 16.5. The third-order valence-corrected chi connectivity index (χ3v) is 3.81. The highest BCUT2D eigenvalue weighted by molar-refractivity contribution is 5.97. The van der Waals surface area contributed by atoms with Crippen LogP contribution in [-0.2, 0) is 4.74 Å². The van der Waals surface area contributed by atoms with Crippen LogP contribution in [0.1, 0.15) is 44.0 Å². The van der Waals surface area contributed by atoms with Crippen LogP contribution < -0.4 is 10.6 Å². The molecule has 1 aromatic rings. The van der Waals surface area contributed by atoms with E-state index in [-0.39, 0.29) is 5.97 Å². The quantitative estimate of drug-likeness (QED) is 0.856. The lowest BCUT2D eigenvalue weighted by Gasteiger charge is -2.29. The average molecular weight is 277 g/mol. The first-order valence-electron chi connectivity index (χ1n) is 7.24. The molecule has 2 N–H and O–H groups in total. The zero-order valence-electron chi connectivity index (χ0n) is 12.4. The van der Waals surface area contributed by atoms with Crippen molar-refractivity contribution in [3.63, 3.8) is 0 Å². The standard InChI is InChI=1S/C15H23N3O2/c1-4-20-15(19)11-7-8-17-14(13(11)16)18-9-5-6-12(18)10(2)3/h7-8,10,12H,4-6,9,16H2,1-3H3. The number of anilines is 2. The summed E-state index contributed by atoms with van der Waals surface area (Å²) in [6.45, 7) is 7.47. The fourth-order valence-corrected chi connectivity index (χ4v) is 2.83. The van der Waals surface area contributed by atoms with Gasteiger partial charge in [0.2, 0.25) is 0 Å². The Labute approximate surface area is 120 Å². The summed E-state index contributed by atoms with van der Waals surface area (Å²) in [5.74, 6) is 0.866. The number of carbonyl (C=O) groups is 1. The highest BCUT2D eigenvalue weighted by Crippen LogP contribution is 2.33. The van der Waals surface area contributed by atoms with Gasteiger partial charge in [-0.15, -0.1) is 0 Å². The van der Waals surface area contributed by atoms with Gasteiger partial charge in [0, 0.05) is 18.8 Å². The van der Waals surface area contributed by atoms with Crippen molar-refractivity contribution in [3.8, 4) is 0 Å². The molecular formula is C15H23N3O2. The largest absolute Gasteiger partial charge is 0.462 e. The molecule has 1 atom stereocenters. The van der Waals surface area contributed by atoms with Gasteiger partial charge in [0.25, 0.3) is 0 Å².